The molecule has 2 aromatic carbocycles. The van der Waals surface area contributed by atoms with E-state index in [9.17, 15) is 21.6 Å². The first kappa shape index (κ1) is 27.3. The van der Waals surface area contributed by atoms with Crippen LogP contribution in [0.15, 0.2) is 70.3 Å². The number of sulfonamides is 1. The molecule has 38 heavy (non-hydrogen) atoms. The predicted octanol–water partition coefficient (Wildman–Crippen LogP) is 6.74. The molecule has 2 aromatic heterocycles. The maximum Gasteiger partial charge on any atom is 0.389 e. The van der Waals surface area contributed by atoms with Crippen molar-refractivity contribution in [1.29, 1.82) is 0 Å². The van der Waals surface area contributed by atoms with Gasteiger partial charge in [-0.25, -0.2) is 23.1 Å². The zero-order chi connectivity index (χ0) is 27.5. The van der Waals surface area contributed by atoms with Gasteiger partial charge in [0.15, 0.2) is 5.82 Å². The highest BCUT2D eigenvalue weighted by molar-refractivity contribution is 7.92. The highest BCUT2D eigenvalue weighted by Crippen LogP contribution is 2.36. The van der Waals surface area contributed by atoms with E-state index in [4.69, 9.17) is 4.52 Å². The quantitative estimate of drug-likeness (QED) is 0.251. The lowest BCUT2D eigenvalue weighted by Crippen LogP contribution is -2.15. The summed E-state index contributed by atoms with van der Waals surface area (Å²) in [5, 5.41) is 3.80. The Bertz CT molecular complexity index is 1520. The van der Waals surface area contributed by atoms with E-state index in [1.165, 1.54) is 6.07 Å². The number of hydrogen-bond donors (Lipinski definition) is 1. The SMILES string of the molecule is Cc1noc(NS(=O)(=O)c2ccccc2-c2ccc(-c3ncccn3)cc2CC(C)CCC(F)(F)F)c1C. The van der Waals surface area contributed by atoms with Crippen molar-refractivity contribution in [3.63, 3.8) is 0 Å². The fourth-order valence-corrected chi connectivity index (χ4v) is 5.38. The summed E-state index contributed by atoms with van der Waals surface area (Å²) in [5.74, 6) is 0.167. The van der Waals surface area contributed by atoms with Crippen LogP contribution in [0.3, 0.4) is 0 Å². The highest BCUT2D eigenvalue weighted by Gasteiger charge is 2.28. The van der Waals surface area contributed by atoms with Crippen LogP contribution >= 0.6 is 0 Å². The maximum absolute atomic E-state index is 13.4. The van der Waals surface area contributed by atoms with Crippen LogP contribution in [0, 0.1) is 19.8 Å². The number of nitrogens with one attached hydrogen (secondary N) is 1. The zero-order valence-electron chi connectivity index (χ0n) is 21.1. The molecule has 1 unspecified atom stereocenters. The Kier molecular flexibility index (Phi) is 7.86. The first-order chi connectivity index (χ1) is 17.9. The summed E-state index contributed by atoms with van der Waals surface area (Å²) in [6.45, 7) is 5.15. The van der Waals surface area contributed by atoms with E-state index in [2.05, 4.69) is 19.8 Å². The summed E-state index contributed by atoms with van der Waals surface area (Å²) in [7, 11) is -4.10. The molecule has 0 saturated heterocycles. The molecule has 7 nitrogen and oxygen atoms in total. The van der Waals surface area contributed by atoms with Gasteiger partial charge in [-0.05, 0) is 61.9 Å². The predicted molar refractivity (Wildman–Crippen MR) is 138 cm³/mol. The molecule has 0 saturated carbocycles. The van der Waals surface area contributed by atoms with Gasteiger partial charge in [0.25, 0.3) is 10.0 Å². The van der Waals surface area contributed by atoms with Crippen molar-refractivity contribution in [2.75, 3.05) is 4.72 Å². The van der Waals surface area contributed by atoms with Crippen molar-refractivity contribution in [2.45, 2.75) is 51.1 Å². The van der Waals surface area contributed by atoms with Gasteiger partial charge in [0, 0.05) is 35.5 Å². The van der Waals surface area contributed by atoms with Crippen molar-refractivity contribution in [3.8, 4) is 22.5 Å². The molecule has 0 aliphatic heterocycles. The van der Waals surface area contributed by atoms with Gasteiger partial charge in [-0.3, -0.25) is 0 Å². The summed E-state index contributed by atoms with van der Waals surface area (Å²) in [6.07, 6.45) is -1.70. The number of aromatic nitrogens is 3. The van der Waals surface area contributed by atoms with Crippen molar-refractivity contribution in [3.05, 3.63) is 77.7 Å². The molecule has 0 aliphatic carbocycles. The number of benzene rings is 2. The van der Waals surface area contributed by atoms with Gasteiger partial charge in [-0.1, -0.05) is 42.4 Å². The Morgan fingerprint density at radius 2 is 1.71 bits per heavy atom. The Labute approximate surface area is 219 Å². The van der Waals surface area contributed by atoms with Crippen molar-refractivity contribution in [2.24, 2.45) is 5.92 Å². The first-order valence-electron chi connectivity index (χ1n) is 12.0. The topological polar surface area (TPSA) is 98.0 Å². The number of anilines is 1. The summed E-state index contributed by atoms with van der Waals surface area (Å²) < 4.78 is 73.1. The van der Waals surface area contributed by atoms with Gasteiger partial charge in [0.05, 0.1) is 10.6 Å². The molecule has 0 radical (unpaired) electrons. The van der Waals surface area contributed by atoms with Gasteiger partial charge >= 0.3 is 6.18 Å². The largest absolute Gasteiger partial charge is 0.389 e. The molecule has 11 heteroatoms. The third kappa shape index (κ3) is 6.39. The Morgan fingerprint density at radius 1 is 1.00 bits per heavy atom. The fourth-order valence-electron chi connectivity index (χ4n) is 4.11. The molecule has 0 spiro atoms. The van der Waals surface area contributed by atoms with E-state index in [0.29, 0.717) is 45.8 Å². The summed E-state index contributed by atoms with van der Waals surface area (Å²) in [5.41, 5.74) is 3.50. The lowest BCUT2D eigenvalue weighted by Gasteiger charge is -2.19. The lowest BCUT2D eigenvalue weighted by atomic mass is 9.89. The molecule has 1 N–H and O–H groups in total. The van der Waals surface area contributed by atoms with Crippen LogP contribution in [0.2, 0.25) is 0 Å². The molecule has 2 heterocycles. The van der Waals surface area contributed by atoms with Crippen LogP contribution in [-0.4, -0.2) is 29.7 Å². The number of rotatable bonds is 9. The number of halogens is 3. The Morgan fingerprint density at radius 3 is 2.37 bits per heavy atom. The Balaban J connectivity index is 1.77. The number of alkyl halides is 3. The van der Waals surface area contributed by atoms with Crippen LogP contribution in [0.5, 0.6) is 0 Å². The zero-order valence-corrected chi connectivity index (χ0v) is 21.9. The highest BCUT2D eigenvalue weighted by atomic mass is 32.2. The molecule has 4 aromatic rings. The molecule has 1 atom stereocenters. The second kappa shape index (κ2) is 10.9. The average Bonchev–Trinajstić information content (AvgIpc) is 3.19. The van der Waals surface area contributed by atoms with Gasteiger partial charge in [0.2, 0.25) is 5.88 Å². The van der Waals surface area contributed by atoms with Crippen molar-refractivity contribution < 1.29 is 26.1 Å². The monoisotopic (exact) mass is 544 g/mol. The minimum Gasteiger partial charge on any atom is -0.337 e. The second-order valence-electron chi connectivity index (χ2n) is 9.23. The van der Waals surface area contributed by atoms with E-state index >= 15 is 0 Å². The van der Waals surface area contributed by atoms with E-state index in [-0.39, 0.29) is 23.1 Å². The summed E-state index contributed by atoms with van der Waals surface area (Å²) in [4.78, 5) is 8.55. The normalized spacial score (nSPS) is 12.9. The van der Waals surface area contributed by atoms with Gasteiger partial charge in [-0.2, -0.15) is 13.2 Å². The van der Waals surface area contributed by atoms with Crippen LogP contribution in [0.25, 0.3) is 22.5 Å². The number of hydrogen-bond acceptors (Lipinski definition) is 6. The minimum absolute atomic E-state index is 0.00126. The maximum atomic E-state index is 13.4. The summed E-state index contributed by atoms with van der Waals surface area (Å²) >= 11 is 0. The number of nitrogens with zero attached hydrogens (tertiary/aromatic N) is 3. The fraction of sp³-hybridized carbons (Fsp3) is 0.296. The van der Waals surface area contributed by atoms with E-state index in [1.807, 2.05) is 6.07 Å². The second-order valence-corrected chi connectivity index (χ2v) is 10.9. The number of aryl methyl sites for hydroxylation is 1. The molecular formula is C27H27F3N4O3S. The summed E-state index contributed by atoms with van der Waals surface area (Å²) in [6, 6.07) is 13.5. The lowest BCUT2D eigenvalue weighted by molar-refractivity contribution is -0.137. The van der Waals surface area contributed by atoms with Gasteiger partial charge in [0.1, 0.15) is 0 Å². The smallest absolute Gasteiger partial charge is 0.337 e. The van der Waals surface area contributed by atoms with E-state index in [0.717, 1.165) is 0 Å². The average molecular weight is 545 g/mol. The molecule has 4 rings (SSSR count). The van der Waals surface area contributed by atoms with Crippen molar-refractivity contribution in [1.82, 2.24) is 15.1 Å². The van der Waals surface area contributed by atoms with Crippen molar-refractivity contribution >= 4 is 15.9 Å². The minimum atomic E-state index is -4.25. The standard InChI is InChI=1S/C27H27F3N4O3S/c1-17(11-12-27(28,29)30)15-21-16-20(25-31-13-6-14-32-25)9-10-22(21)23-7-4-5-8-24(23)38(35,36)34-26-18(2)19(3)33-37-26/h4-10,13-14,16-17,34H,11-12,15H2,1-3H3. The van der Waals surface area contributed by atoms with Crippen LogP contribution < -0.4 is 4.72 Å². The van der Waals surface area contributed by atoms with Crippen LogP contribution in [0.4, 0.5) is 19.1 Å². The van der Waals surface area contributed by atoms with Gasteiger partial charge in [-0.15, -0.1) is 0 Å². The molecule has 0 fully saturated rings. The van der Waals surface area contributed by atoms with Crippen LogP contribution in [-0.2, 0) is 16.4 Å². The molecule has 200 valence electrons. The van der Waals surface area contributed by atoms with E-state index in [1.54, 1.807) is 69.6 Å². The molecule has 0 bridgehead atoms. The van der Waals surface area contributed by atoms with Gasteiger partial charge < -0.3 is 4.52 Å². The van der Waals surface area contributed by atoms with Crippen LogP contribution in [0.1, 0.15) is 36.6 Å². The first-order valence-corrected chi connectivity index (χ1v) is 13.4. The Hall–Kier alpha value is -3.73. The molecule has 0 aliphatic rings. The third-order valence-corrected chi connectivity index (χ3v) is 7.66. The third-order valence-electron chi connectivity index (χ3n) is 6.27. The molecular weight excluding hydrogens is 517 g/mol. The molecule has 0 amide bonds. The van der Waals surface area contributed by atoms with E-state index < -0.39 is 22.6 Å².